The van der Waals surface area contributed by atoms with E-state index in [2.05, 4.69) is 103 Å². The highest BCUT2D eigenvalue weighted by Gasteiger charge is 2.40. The zero-order valence-electron chi connectivity index (χ0n) is 22.4. The maximum Gasteiger partial charge on any atom is 0.323 e. The summed E-state index contributed by atoms with van der Waals surface area (Å²) in [7, 11) is 0. The fourth-order valence-corrected chi connectivity index (χ4v) is 6.01. The summed E-state index contributed by atoms with van der Waals surface area (Å²) in [5.41, 5.74) is 7.70. The molecule has 186 valence electrons. The Hall–Kier alpha value is -3.99. The first kappa shape index (κ1) is 23.4. The van der Waals surface area contributed by atoms with Crippen LogP contribution in [0.3, 0.4) is 0 Å². The van der Waals surface area contributed by atoms with E-state index in [-0.39, 0.29) is 5.41 Å². The summed E-state index contributed by atoms with van der Waals surface area (Å²) in [5.74, 6) is 1.12. The molecule has 37 heavy (non-hydrogen) atoms. The Kier molecular flexibility index (Phi) is 5.59. The molecule has 0 amide bonds. The van der Waals surface area contributed by atoms with Crippen molar-refractivity contribution in [2.75, 3.05) is 11.4 Å². The first-order valence-electron chi connectivity index (χ1n) is 13.4. The molecule has 0 saturated heterocycles. The first-order valence-corrected chi connectivity index (χ1v) is 13.4. The summed E-state index contributed by atoms with van der Waals surface area (Å²) in [5, 5.41) is 2.61. The summed E-state index contributed by atoms with van der Waals surface area (Å²) < 4.78 is 4.54. The summed E-state index contributed by atoms with van der Waals surface area (Å²) in [4.78, 5) is 12.5. The maximum absolute atomic E-state index is 4.99. The number of imidazole rings is 1. The smallest absolute Gasteiger partial charge is 0.323 e. The number of benzene rings is 3. The van der Waals surface area contributed by atoms with E-state index in [0.717, 1.165) is 47.8 Å². The maximum atomic E-state index is 4.99. The number of hydrogen-bond donors (Lipinski definition) is 0. The van der Waals surface area contributed by atoms with Crippen molar-refractivity contribution in [3.8, 4) is 0 Å². The number of hydrogen-bond acceptors (Lipinski definition) is 3. The first-order chi connectivity index (χ1) is 18.0. The molecular weight excluding hydrogens is 454 g/mol. The lowest BCUT2D eigenvalue weighted by molar-refractivity contribution is -0.672. The van der Waals surface area contributed by atoms with E-state index in [0.29, 0.717) is 0 Å². The summed E-state index contributed by atoms with van der Waals surface area (Å²) in [6.07, 6.45) is 6.73. The fraction of sp³-hybridized carbons (Fsp3) is 0.281. The van der Waals surface area contributed by atoms with Gasteiger partial charge >= 0.3 is 5.65 Å². The molecular formula is C32H34N5+. The molecule has 0 radical (unpaired) electrons. The van der Waals surface area contributed by atoms with Gasteiger partial charge < -0.3 is 4.90 Å². The summed E-state index contributed by atoms with van der Waals surface area (Å²) in [6.45, 7) is 13.9. The number of rotatable bonds is 5. The van der Waals surface area contributed by atoms with Gasteiger partial charge in [0.2, 0.25) is 5.82 Å². The van der Waals surface area contributed by atoms with Crippen LogP contribution in [-0.4, -0.2) is 21.1 Å². The van der Waals surface area contributed by atoms with Crippen molar-refractivity contribution in [1.29, 1.82) is 0 Å². The van der Waals surface area contributed by atoms with Crippen LogP contribution in [0.4, 0.5) is 5.69 Å². The van der Waals surface area contributed by atoms with Gasteiger partial charge in [0.25, 0.3) is 5.65 Å². The summed E-state index contributed by atoms with van der Waals surface area (Å²) >= 11 is 0. The van der Waals surface area contributed by atoms with E-state index < -0.39 is 0 Å². The van der Waals surface area contributed by atoms with Crippen molar-refractivity contribution < 1.29 is 4.57 Å². The number of aromatic nitrogens is 4. The Morgan fingerprint density at radius 1 is 0.865 bits per heavy atom. The summed E-state index contributed by atoms with van der Waals surface area (Å²) in [6, 6.07) is 21.4. The third-order valence-corrected chi connectivity index (χ3v) is 7.82. The predicted octanol–water partition coefficient (Wildman–Crippen LogP) is 6.78. The van der Waals surface area contributed by atoms with Crippen LogP contribution in [0.25, 0.3) is 39.2 Å². The molecule has 5 heteroatoms. The average molecular weight is 489 g/mol. The van der Waals surface area contributed by atoms with Crippen LogP contribution in [0, 0.1) is 0 Å². The molecule has 3 heterocycles. The van der Waals surface area contributed by atoms with Crippen molar-refractivity contribution in [2.45, 2.75) is 53.1 Å². The van der Waals surface area contributed by atoms with Crippen molar-refractivity contribution in [3.05, 3.63) is 89.9 Å². The highest BCUT2D eigenvalue weighted by Crippen LogP contribution is 2.50. The Bertz CT molecular complexity index is 1660. The van der Waals surface area contributed by atoms with Crippen LogP contribution in [0.5, 0.6) is 0 Å². The molecule has 0 bridgehead atoms. The van der Waals surface area contributed by atoms with Crippen molar-refractivity contribution in [3.63, 3.8) is 0 Å². The van der Waals surface area contributed by atoms with E-state index in [4.69, 9.17) is 9.97 Å². The van der Waals surface area contributed by atoms with Crippen molar-refractivity contribution >= 4 is 44.9 Å². The van der Waals surface area contributed by atoms with Crippen molar-refractivity contribution in [2.24, 2.45) is 0 Å². The Balaban J connectivity index is 1.48. The van der Waals surface area contributed by atoms with Gasteiger partial charge in [-0.05, 0) is 49.9 Å². The Morgan fingerprint density at radius 3 is 2.32 bits per heavy atom. The van der Waals surface area contributed by atoms with E-state index in [1.54, 1.807) is 0 Å². The largest absolute Gasteiger partial charge is 0.344 e. The lowest BCUT2D eigenvalue weighted by Gasteiger charge is -2.26. The highest BCUT2D eigenvalue weighted by molar-refractivity contribution is 5.99. The van der Waals surface area contributed by atoms with Gasteiger partial charge in [0.15, 0.2) is 5.52 Å². The lowest BCUT2D eigenvalue weighted by Crippen LogP contribution is -2.35. The zero-order valence-corrected chi connectivity index (χ0v) is 22.4. The van der Waals surface area contributed by atoms with Crippen LogP contribution < -0.4 is 9.47 Å². The standard InChI is InChI=1S/C32H34N5/c1-6-35-27(32(4,5)24-21-20-22-14-9-10-15-23(22)29(24)35)18-13-19-28-36(7-2)30-31(37(28)8-3)34-26-17-12-11-16-25(26)33-30/h9-21H,6-8H2,1-5H3/q+1. The minimum Gasteiger partial charge on any atom is -0.344 e. The average Bonchev–Trinajstić information content (AvgIpc) is 3.33. The van der Waals surface area contributed by atoms with Gasteiger partial charge in [-0.2, -0.15) is 0 Å². The minimum atomic E-state index is -0.0846. The van der Waals surface area contributed by atoms with Crippen LogP contribution in [0.15, 0.2) is 78.5 Å². The third kappa shape index (κ3) is 3.48. The number of anilines is 1. The topological polar surface area (TPSA) is 37.8 Å². The number of likely N-dealkylation sites (N-methyl/N-ethyl adjacent to an activating group) is 1. The quantitative estimate of drug-likeness (QED) is 0.256. The van der Waals surface area contributed by atoms with Crippen LogP contribution >= 0.6 is 0 Å². The molecule has 0 aliphatic carbocycles. The Morgan fingerprint density at radius 2 is 1.59 bits per heavy atom. The fourth-order valence-electron chi connectivity index (χ4n) is 6.01. The Labute approximate surface area is 218 Å². The van der Waals surface area contributed by atoms with Gasteiger partial charge in [-0.25, -0.2) is 14.1 Å². The molecule has 1 aliphatic rings. The predicted molar refractivity (Wildman–Crippen MR) is 154 cm³/mol. The second-order valence-corrected chi connectivity index (χ2v) is 10.2. The number of nitrogens with zero attached hydrogens (tertiary/aromatic N) is 5. The van der Waals surface area contributed by atoms with E-state index >= 15 is 0 Å². The van der Waals surface area contributed by atoms with Gasteiger partial charge in [0.05, 0.1) is 18.8 Å². The highest BCUT2D eigenvalue weighted by atomic mass is 15.2. The van der Waals surface area contributed by atoms with Gasteiger partial charge in [0, 0.05) is 29.1 Å². The molecule has 3 aromatic carbocycles. The lowest BCUT2D eigenvalue weighted by atomic mass is 9.83. The SMILES string of the molecule is CCN1C(=CC=Cc2n(CC)c3nc4ccccc4nc3[n+]2CC)C(C)(C)c2ccc3ccccc3c21. The third-order valence-electron chi connectivity index (χ3n) is 7.82. The second-order valence-electron chi connectivity index (χ2n) is 10.2. The van der Waals surface area contributed by atoms with Crippen molar-refractivity contribution in [1.82, 2.24) is 14.5 Å². The van der Waals surface area contributed by atoms with Gasteiger partial charge in [-0.3, -0.25) is 0 Å². The van der Waals surface area contributed by atoms with Gasteiger partial charge in [0.1, 0.15) is 5.52 Å². The molecule has 0 unspecified atom stereocenters. The normalized spacial score (nSPS) is 16.1. The molecule has 0 spiro atoms. The number of allylic oxidation sites excluding steroid dienone is 3. The molecule has 0 saturated carbocycles. The molecule has 0 atom stereocenters. The monoisotopic (exact) mass is 488 g/mol. The minimum absolute atomic E-state index is 0.0846. The molecule has 5 nitrogen and oxygen atoms in total. The van der Waals surface area contributed by atoms with Crippen LogP contribution in [-0.2, 0) is 18.5 Å². The molecule has 5 aromatic rings. The zero-order chi connectivity index (χ0) is 25.7. The molecule has 2 aromatic heterocycles. The molecule has 1 aliphatic heterocycles. The molecule has 0 fully saturated rings. The van der Waals surface area contributed by atoms with E-state index in [1.165, 1.54) is 27.7 Å². The van der Waals surface area contributed by atoms with Crippen LogP contribution in [0.2, 0.25) is 0 Å². The van der Waals surface area contributed by atoms with Crippen LogP contribution in [0.1, 0.15) is 46.0 Å². The van der Waals surface area contributed by atoms with Gasteiger partial charge in [-0.1, -0.05) is 73.4 Å². The number of para-hydroxylation sites is 2. The number of fused-ring (bicyclic) bond motifs is 5. The van der Waals surface area contributed by atoms with E-state index in [9.17, 15) is 0 Å². The van der Waals surface area contributed by atoms with E-state index in [1.807, 2.05) is 24.3 Å². The second kappa shape index (κ2) is 8.84. The molecule has 0 N–H and O–H groups in total. The van der Waals surface area contributed by atoms with Gasteiger partial charge in [-0.15, -0.1) is 0 Å². The molecule has 6 rings (SSSR count). The number of aryl methyl sites for hydroxylation is 2.